The lowest BCUT2D eigenvalue weighted by Gasteiger charge is -2.36. The molecule has 0 saturated heterocycles. The van der Waals surface area contributed by atoms with Crippen LogP contribution in [0.5, 0.6) is 0 Å². The predicted molar refractivity (Wildman–Crippen MR) is 76.7 cm³/mol. The molecule has 98 valence electrons. The molecule has 1 saturated carbocycles. The second-order valence-corrected chi connectivity index (χ2v) is 5.79. The summed E-state index contributed by atoms with van der Waals surface area (Å²) in [7, 11) is 2.08. The maximum atomic E-state index is 11.1. The Hall–Kier alpha value is -1.02. The van der Waals surface area contributed by atoms with Gasteiger partial charge in [0.25, 0.3) is 0 Å². The standard InChI is InChI=1S/C15H20ClNO/c1-11-4-3-5-14(8-11)17(2)15-7-6-13(16)9-12(15)10-18/h6-7,9-11,14H,3-5,8H2,1-2H3. The van der Waals surface area contributed by atoms with Crippen molar-refractivity contribution in [3.63, 3.8) is 0 Å². The summed E-state index contributed by atoms with van der Waals surface area (Å²) in [6, 6.07) is 6.08. The molecule has 2 nitrogen and oxygen atoms in total. The molecule has 0 heterocycles. The van der Waals surface area contributed by atoms with Crippen LogP contribution in [0.15, 0.2) is 18.2 Å². The highest BCUT2D eigenvalue weighted by atomic mass is 35.5. The Morgan fingerprint density at radius 1 is 1.39 bits per heavy atom. The van der Waals surface area contributed by atoms with Gasteiger partial charge in [0.05, 0.1) is 0 Å². The molecule has 0 aromatic heterocycles. The van der Waals surface area contributed by atoms with Crippen LogP contribution in [0.2, 0.25) is 5.02 Å². The molecule has 2 rings (SSSR count). The quantitative estimate of drug-likeness (QED) is 0.765. The third kappa shape index (κ3) is 2.86. The first-order chi connectivity index (χ1) is 8.61. The van der Waals surface area contributed by atoms with Crippen molar-refractivity contribution in [2.75, 3.05) is 11.9 Å². The smallest absolute Gasteiger partial charge is 0.152 e. The minimum atomic E-state index is 0.536. The van der Waals surface area contributed by atoms with Gasteiger partial charge in [0.1, 0.15) is 0 Å². The van der Waals surface area contributed by atoms with E-state index < -0.39 is 0 Å². The minimum absolute atomic E-state index is 0.536. The topological polar surface area (TPSA) is 20.3 Å². The first-order valence-electron chi connectivity index (χ1n) is 6.59. The molecule has 18 heavy (non-hydrogen) atoms. The van der Waals surface area contributed by atoms with Gasteiger partial charge in [-0.15, -0.1) is 0 Å². The van der Waals surface area contributed by atoms with Gasteiger partial charge in [0, 0.05) is 29.4 Å². The van der Waals surface area contributed by atoms with Gasteiger partial charge in [-0.05, 0) is 37.0 Å². The second kappa shape index (κ2) is 5.75. The summed E-state index contributed by atoms with van der Waals surface area (Å²) in [6.07, 6.45) is 5.91. The summed E-state index contributed by atoms with van der Waals surface area (Å²) in [5, 5.41) is 0.617. The van der Waals surface area contributed by atoms with E-state index in [1.807, 2.05) is 12.1 Å². The Bertz CT molecular complexity index is 433. The SMILES string of the molecule is CC1CCCC(N(C)c2ccc(Cl)cc2C=O)C1. The highest BCUT2D eigenvalue weighted by Gasteiger charge is 2.23. The van der Waals surface area contributed by atoms with E-state index >= 15 is 0 Å². The van der Waals surface area contributed by atoms with E-state index in [1.54, 1.807) is 6.07 Å². The molecule has 0 radical (unpaired) electrons. The fourth-order valence-corrected chi connectivity index (χ4v) is 3.07. The Morgan fingerprint density at radius 3 is 2.83 bits per heavy atom. The predicted octanol–water partition coefficient (Wildman–Crippen LogP) is 4.17. The van der Waals surface area contributed by atoms with Gasteiger partial charge in [0.15, 0.2) is 6.29 Å². The number of halogens is 1. The molecule has 1 aromatic rings. The van der Waals surface area contributed by atoms with Crippen LogP contribution in [0, 0.1) is 5.92 Å². The largest absolute Gasteiger partial charge is 0.371 e. The Labute approximate surface area is 114 Å². The third-order valence-electron chi connectivity index (χ3n) is 3.95. The number of benzene rings is 1. The number of rotatable bonds is 3. The maximum absolute atomic E-state index is 11.1. The fourth-order valence-electron chi connectivity index (χ4n) is 2.89. The number of nitrogens with zero attached hydrogens (tertiary/aromatic N) is 1. The molecule has 0 amide bonds. The summed E-state index contributed by atoms with van der Waals surface area (Å²) in [5.74, 6) is 0.776. The van der Waals surface area contributed by atoms with E-state index in [2.05, 4.69) is 18.9 Å². The molecule has 1 aliphatic carbocycles. The zero-order valence-electron chi connectivity index (χ0n) is 11.0. The monoisotopic (exact) mass is 265 g/mol. The highest BCUT2D eigenvalue weighted by Crippen LogP contribution is 2.31. The fraction of sp³-hybridized carbons (Fsp3) is 0.533. The average molecular weight is 266 g/mol. The molecular weight excluding hydrogens is 246 g/mol. The maximum Gasteiger partial charge on any atom is 0.152 e. The summed E-state index contributed by atoms with van der Waals surface area (Å²) in [5.41, 5.74) is 1.68. The van der Waals surface area contributed by atoms with Crippen molar-refractivity contribution in [2.45, 2.75) is 38.6 Å². The average Bonchev–Trinajstić information content (AvgIpc) is 2.37. The van der Waals surface area contributed by atoms with E-state index in [9.17, 15) is 4.79 Å². The lowest BCUT2D eigenvalue weighted by atomic mass is 9.86. The van der Waals surface area contributed by atoms with Crippen LogP contribution >= 0.6 is 11.6 Å². The Morgan fingerprint density at radius 2 is 2.17 bits per heavy atom. The van der Waals surface area contributed by atoms with Gasteiger partial charge in [0.2, 0.25) is 0 Å². The zero-order chi connectivity index (χ0) is 13.1. The van der Waals surface area contributed by atoms with Crippen LogP contribution < -0.4 is 4.90 Å². The summed E-state index contributed by atoms with van der Waals surface area (Å²) < 4.78 is 0. The van der Waals surface area contributed by atoms with Crippen molar-refractivity contribution >= 4 is 23.6 Å². The van der Waals surface area contributed by atoms with Gasteiger partial charge in [-0.25, -0.2) is 0 Å². The highest BCUT2D eigenvalue weighted by molar-refractivity contribution is 6.31. The van der Waals surface area contributed by atoms with Gasteiger partial charge in [-0.3, -0.25) is 4.79 Å². The van der Waals surface area contributed by atoms with Crippen LogP contribution in [-0.4, -0.2) is 19.4 Å². The van der Waals surface area contributed by atoms with E-state index in [0.29, 0.717) is 16.6 Å². The van der Waals surface area contributed by atoms with Crippen molar-refractivity contribution in [3.05, 3.63) is 28.8 Å². The number of hydrogen-bond acceptors (Lipinski definition) is 2. The second-order valence-electron chi connectivity index (χ2n) is 5.36. The van der Waals surface area contributed by atoms with Crippen LogP contribution in [0.1, 0.15) is 43.0 Å². The van der Waals surface area contributed by atoms with Crippen LogP contribution in [0.3, 0.4) is 0 Å². The van der Waals surface area contributed by atoms with Gasteiger partial charge in [-0.1, -0.05) is 31.4 Å². The summed E-state index contributed by atoms with van der Waals surface area (Å²) >= 11 is 5.93. The van der Waals surface area contributed by atoms with Crippen molar-refractivity contribution in [3.8, 4) is 0 Å². The van der Waals surface area contributed by atoms with Crippen molar-refractivity contribution < 1.29 is 4.79 Å². The molecule has 1 fully saturated rings. The van der Waals surface area contributed by atoms with Gasteiger partial charge >= 0.3 is 0 Å². The molecule has 0 N–H and O–H groups in total. The van der Waals surface area contributed by atoms with Crippen LogP contribution in [0.25, 0.3) is 0 Å². The number of hydrogen-bond donors (Lipinski definition) is 0. The molecular formula is C15H20ClNO. The Kier molecular flexibility index (Phi) is 4.28. The van der Waals surface area contributed by atoms with E-state index in [1.165, 1.54) is 25.7 Å². The molecule has 1 aromatic carbocycles. The van der Waals surface area contributed by atoms with Gasteiger partial charge < -0.3 is 4.90 Å². The Balaban J connectivity index is 2.22. The lowest BCUT2D eigenvalue weighted by molar-refractivity contribution is 0.112. The number of anilines is 1. The molecule has 0 spiro atoms. The lowest BCUT2D eigenvalue weighted by Crippen LogP contribution is -2.36. The van der Waals surface area contributed by atoms with Crippen molar-refractivity contribution in [1.29, 1.82) is 0 Å². The first kappa shape index (κ1) is 13.4. The molecule has 0 bridgehead atoms. The minimum Gasteiger partial charge on any atom is -0.371 e. The molecule has 0 aliphatic heterocycles. The van der Waals surface area contributed by atoms with E-state index in [-0.39, 0.29) is 0 Å². The van der Waals surface area contributed by atoms with E-state index in [0.717, 1.165) is 17.9 Å². The van der Waals surface area contributed by atoms with Crippen LogP contribution in [0.4, 0.5) is 5.69 Å². The molecule has 3 heteroatoms. The molecule has 2 atom stereocenters. The van der Waals surface area contributed by atoms with Crippen molar-refractivity contribution in [2.24, 2.45) is 5.92 Å². The van der Waals surface area contributed by atoms with Crippen LogP contribution in [-0.2, 0) is 0 Å². The number of carbonyl (C=O) groups excluding carboxylic acids is 1. The summed E-state index contributed by atoms with van der Waals surface area (Å²) in [4.78, 5) is 13.4. The summed E-state index contributed by atoms with van der Waals surface area (Å²) in [6.45, 7) is 2.31. The van der Waals surface area contributed by atoms with E-state index in [4.69, 9.17) is 11.6 Å². The molecule has 2 unspecified atom stereocenters. The first-order valence-corrected chi connectivity index (χ1v) is 6.97. The zero-order valence-corrected chi connectivity index (χ0v) is 11.8. The normalized spacial score (nSPS) is 23.7. The number of carbonyl (C=O) groups is 1. The van der Waals surface area contributed by atoms with Gasteiger partial charge in [-0.2, -0.15) is 0 Å². The third-order valence-corrected chi connectivity index (χ3v) is 4.19. The number of aldehydes is 1. The molecule has 1 aliphatic rings. The van der Waals surface area contributed by atoms with Crippen molar-refractivity contribution in [1.82, 2.24) is 0 Å².